The third-order valence-electron chi connectivity index (χ3n) is 3.56. The van der Waals surface area contributed by atoms with E-state index in [-0.39, 0.29) is 6.04 Å². The van der Waals surface area contributed by atoms with E-state index in [0.717, 1.165) is 36.8 Å². The van der Waals surface area contributed by atoms with Crippen molar-refractivity contribution in [2.24, 2.45) is 0 Å². The second kappa shape index (κ2) is 6.05. The summed E-state index contributed by atoms with van der Waals surface area (Å²) in [6.07, 6.45) is 6.97. The van der Waals surface area contributed by atoms with E-state index < -0.39 is 0 Å². The zero-order chi connectivity index (χ0) is 14.7. The number of aryl methyl sites for hydroxylation is 1. The van der Waals surface area contributed by atoms with Crippen LogP contribution in [0.3, 0.4) is 0 Å². The zero-order valence-corrected chi connectivity index (χ0v) is 12.4. The summed E-state index contributed by atoms with van der Waals surface area (Å²) in [5, 5.41) is 11.9. The Labute approximate surface area is 123 Å². The Kier molecular flexibility index (Phi) is 3.96. The molecule has 3 heterocycles. The van der Waals surface area contributed by atoms with Gasteiger partial charge in [-0.3, -0.25) is 4.40 Å². The van der Waals surface area contributed by atoms with E-state index in [4.69, 9.17) is 0 Å². The molecule has 21 heavy (non-hydrogen) atoms. The van der Waals surface area contributed by atoms with Crippen molar-refractivity contribution in [3.63, 3.8) is 0 Å². The Bertz CT molecular complexity index is 714. The summed E-state index contributed by atoms with van der Waals surface area (Å²) < 4.78 is 4.19. The van der Waals surface area contributed by atoms with Gasteiger partial charge in [-0.15, -0.1) is 10.2 Å². The highest BCUT2D eigenvalue weighted by atomic mass is 15.3. The molecule has 0 aliphatic carbocycles. The van der Waals surface area contributed by atoms with Crippen LogP contribution >= 0.6 is 0 Å². The molecule has 0 saturated heterocycles. The normalized spacial score (nSPS) is 12.9. The summed E-state index contributed by atoms with van der Waals surface area (Å²) in [6, 6.07) is 6.01. The van der Waals surface area contributed by atoms with Crippen molar-refractivity contribution >= 4 is 5.65 Å². The molecule has 6 heteroatoms. The van der Waals surface area contributed by atoms with Gasteiger partial charge in [0, 0.05) is 25.1 Å². The van der Waals surface area contributed by atoms with Gasteiger partial charge in [-0.2, -0.15) is 0 Å². The third kappa shape index (κ3) is 2.80. The summed E-state index contributed by atoms with van der Waals surface area (Å²) >= 11 is 0. The molecule has 0 radical (unpaired) electrons. The van der Waals surface area contributed by atoms with Crippen molar-refractivity contribution in [1.82, 2.24) is 29.5 Å². The van der Waals surface area contributed by atoms with Gasteiger partial charge in [0.1, 0.15) is 5.82 Å². The molecular formula is C15H20N6. The predicted octanol–water partition coefficient (Wildman–Crippen LogP) is 2.19. The predicted molar refractivity (Wildman–Crippen MR) is 80.8 cm³/mol. The van der Waals surface area contributed by atoms with Crippen LogP contribution in [0.4, 0.5) is 0 Å². The van der Waals surface area contributed by atoms with Gasteiger partial charge in [-0.05, 0) is 25.5 Å². The highest BCUT2D eigenvalue weighted by molar-refractivity contribution is 5.37. The molecule has 1 N–H and O–H groups in total. The minimum atomic E-state index is 0.106. The minimum Gasteiger partial charge on any atom is -0.334 e. The van der Waals surface area contributed by atoms with Gasteiger partial charge in [0.15, 0.2) is 11.5 Å². The molecule has 0 bridgehead atoms. The molecule has 0 aromatic carbocycles. The fourth-order valence-corrected chi connectivity index (χ4v) is 2.44. The molecule has 0 amide bonds. The van der Waals surface area contributed by atoms with E-state index >= 15 is 0 Å². The largest absolute Gasteiger partial charge is 0.334 e. The zero-order valence-electron chi connectivity index (χ0n) is 12.4. The Hall–Kier alpha value is -2.21. The average Bonchev–Trinajstić information content (AvgIpc) is 3.12. The van der Waals surface area contributed by atoms with Crippen LogP contribution in [0.5, 0.6) is 0 Å². The van der Waals surface area contributed by atoms with E-state index in [1.165, 1.54) is 0 Å². The van der Waals surface area contributed by atoms with E-state index in [2.05, 4.69) is 38.9 Å². The quantitative estimate of drug-likeness (QED) is 0.753. The SMILES string of the molecule is CCCn1ccnc1CNC(C)c1nnc2ccccn12. The number of pyridine rings is 1. The molecule has 0 aliphatic rings. The maximum atomic E-state index is 4.41. The number of nitrogens with one attached hydrogen (secondary N) is 1. The minimum absolute atomic E-state index is 0.106. The molecule has 1 atom stereocenters. The molecule has 3 aromatic rings. The molecule has 0 spiro atoms. The standard InChI is InChI=1S/C15H20N6/c1-3-8-20-10-7-16-14(20)11-17-12(2)15-19-18-13-6-4-5-9-21(13)15/h4-7,9-10,12,17H,3,8,11H2,1-2H3. The Morgan fingerprint density at radius 1 is 1.24 bits per heavy atom. The summed E-state index contributed by atoms with van der Waals surface area (Å²) in [6.45, 7) is 5.98. The molecular weight excluding hydrogens is 264 g/mol. The van der Waals surface area contributed by atoms with Crippen molar-refractivity contribution in [3.05, 3.63) is 48.4 Å². The van der Waals surface area contributed by atoms with Crippen LogP contribution in [-0.4, -0.2) is 24.1 Å². The lowest BCUT2D eigenvalue weighted by molar-refractivity contribution is 0.510. The van der Waals surface area contributed by atoms with E-state index in [1.54, 1.807) is 0 Å². The topological polar surface area (TPSA) is 60.0 Å². The van der Waals surface area contributed by atoms with Gasteiger partial charge in [0.05, 0.1) is 12.6 Å². The molecule has 1 unspecified atom stereocenters. The van der Waals surface area contributed by atoms with Gasteiger partial charge in [-0.1, -0.05) is 13.0 Å². The first-order valence-corrected chi connectivity index (χ1v) is 7.32. The van der Waals surface area contributed by atoms with Gasteiger partial charge in [0.25, 0.3) is 0 Å². The smallest absolute Gasteiger partial charge is 0.160 e. The second-order valence-electron chi connectivity index (χ2n) is 5.13. The lowest BCUT2D eigenvalue weighted by atomic mass is 10.3. The molecule has 0 saturated carbocycles. The summed E-state index contributed by atoms with van der Waals surface area (Å²) in [5.74, 6) is 1.97. The first kappa shape index (κ1) is 13.8. The number of imidazole rings is 1. The van der Waals surface area contributed by atoms with Gasteiger partial charge in [-0.25, -0.2) is 4.98 Å². The fraction of sp³-hybridized carbons (Fsp3) is 0.400. The van der Waals surface area contributed by atoms with Gasteiger partial charge < -0.3 is 9.88 Å². The van der Waals surface area contributed by atoms with Crippen LogP contribution in [0.2, 0.25) is 0 Å². The number of nitrogens with zero attached hydrogens (tertiary/aromatic N) is 5. The Morgan fingerprint density at radius 3 is 3.00 bits per heavy atom. The highest BCUT2D eigenvalue weighted by Crippen LogP contribution is 2.12. The Morgan fingerprint density at radius 2 is 2.14 bits per heavy atom. The number of rotatable bonds is 6. The maximum absolute atomic E-state index is 4.41. The summed E-state index contributed by atoms with van der Waals surface area (Å²) in [7, 11) is 0. The maximum Gasteiger partial charge on any atom is 0.160 e. The number of hydrogen-bond donors (Lipinski definition) is 1. The highest BCUT2D eigenvalue weighted by Gasteiger charge is 2.13. The summed E-state index contributed by atoms with van der Waals surface area (Å²) in [5.41, 5.74) is 0.869. The van der Waals surface area contributed by atoms with E-state index in [1.807, 2.05) is 41.2 Å². The van der Waals surface area contributed by atoms with Crippen LogP contribution in [-0.2, 0) is 13.1 Å². The van der Waals surface area contributed by atoms with Crippen LogP contribution in [0.1, 0.15) is 38.0 Å². The van der Waals surface area contributed by atoms with Crippen LogP contribution in [0, 0.1) is 0 Å². The first-order chi connectivity index (χ1) is 10.3. The lowest BCUT2D eigenvalue weighted by Crippen LogP contribution is -2.22. The molecule has 0 aliphatic heterocycles. The van der Waals surface area contributed by atoms with Crippen LogP contribution in [0.25, 0.3) is 5.65 Å². The van der Waals surface area contributed by atoms with Crippen molar-refractivity contribution < 1.29 is 0 Å². The van der Waals surface area contributed by atoms with E-state index in [0.29, 0.717) is 0 Å². The van der Waals surface area contributed by atoms with Crippen molar-refractivity contribution in [2.75, 3.05) is 0 Å². The van der Waals surface area contributed by atoms with E-state index in [9.17, 15) is 0 Å². The first-order valence-electron chi connectivity index (χ1n) is 7.32. The number of aromatic nitrogens is 5. The third-order valence-corrected chi connectivity index (χ3v) is 3.56. The lowest BCUT2D eigenvalue weighted by Gasteiger charge is -2.13. The molecule has 110 valence electrons. The van der Waals surface area contributed by atoms with Crippen molar-refractivity contribution in [3.8, 4) is 0 Å². The average molecular weight is 284 g/mol. The second-order valence-corrected chi connectivity index (χ2v) is 5.13. The fourth-order valence-electron chi connectivity index (χ4n) is 2.44. The monoisotopic (exact) mass is 284 g/mol. The van der Waals surface area contributed by atoms with Crippen molar-refractivity contribution in [2.45, 2.75) is 39.4 Å². The molecule has 3 aromatic heterocycles. The number of fused-ring (bicyclic) bond motifs is 1. The van der Waals surface area contributed by atoms with Crippen LogP contribution in [0.15, 0.2) is 36.8 Å². The molecule has 6 nitrogen and oxygen atoms in total. The van der Waals surface area contributed by atoms with Crippen molar-refractivity contribution in [1.29, 1.82) is 0 Å². The molecule has 0 fully saturated rings. The number of hydrogen-bond acceptors (Lipinski definition) is 4. The molecule has 3 rings (SSSR count). The van der Waals surface area contributed by atoms with Gasteiger partial charge >= 0.3 is 0 Å². The summed E-state index contributed by atoms with van der Waals surface area (Å²) in [4.78, 5) is 4.41. The Balaban J connectivity index is 1.71. The van der Waals surface area contributed by atoms with Gasteiger partial charge in [0.2, 0.25) is 0 Å². The van der Waals surface area contributed by atoms with Crippen LogP contribution < -0.4 is 5.32 Å².